The molecule has 0 bridgehead atoms. The van der Waals surface area contributed by atoms with Crippen molar-refractivity contribution in [3.05, 3.63) is 70.0 Å². The molecule has 4 nitrogen and oxygen atoms in total. The van der Waals surface area contributed by atoms with Gasteiger partial charge in [-0.3, -0.25) is 14.3 Å². The van der Waals surface area contributed by atoms with Crippen molar-refractivity contribution in [2.45, 2.75) is 6.54 Å². The zero-order chi connectivity index (χ0) is 13.2. The highest BCUT2D eigenvalue weighted by atomic mass is 35.5. The van der Waals surface area contributed by atoms with Crippen molar-refractivity contribution in [1.29, 1.82) is 0 Å². The molecule has 0 spiro atoms. The third kappa shape index (κ3) is 2.35. The maximum atomic E-state index is 12.3. The Morgan fingerprint density at radius 2 is 1.95 bits per heavy atom. The second kappa shape index (κ2) is 4.82. The lowest BCUT2D eigenvalue weighted by Gasteiger charge is -2.06. The number of rotatable bonds is 2. The van der Waals surface area contributed by atoms with Crippen molar-refractivity contribution in [2.75, 3.05) is 0 Å². The van der Waals surface area contributed by atoms with E-state index in [1.165, 1.54) is 0 Å². The summed E-state index contributed by atoms with van der Waals surface area (Å²) in [6, 6.07) is 8.86. The molecule has 0 N–H and O–H groups in total. The van der Waals surface area contributed by atoms with Crippen molar-refractivity contribution in [3.8, 4) is 0 Å². The molecule has 19 heavy (non-hydrogen) atoms. The summed E-state index contributed by atoms with van der Waals surface area (Å²) in [5, 5.41) is 1.07. The van der Waals surface area contributed by atoms with E-state index < -0.39 is 0 Å². The summed E-state index contributed by atoms with van der Waals surface area (Å²) in [4.78, 5) is 20.6. The molecule has 1 aromatic carbocycles. The van der Waals surface area contributed by atoms with Gasteiger partial charge in [0, 0.05) is 17.4 Å². The summed E-state index contributed by atoms with van der Waals surface area (Å²) >= 11 is 5.92. The number of halogens is 1. The molecule has 0 saturated carbocycles. The van der Waals surface area contributed by atoms with Crippen molar-refractivity contribution in [1.82, 2.24) is 14.5 Å². The van der Waals surface area contributed by atoms with Gasteiger partial charge in [0.05, 0.1) is 23.8 Å². The van der Waals surface area contributed by atoms with E-state index in [0.29, 0.717) is 22.5 Å². The molecule has 0 atom stereocenters. The van der Waals surface area contributed by atoms with Crippen molar-refractivity contribution in [2.24, 2.45) is 0 Å². The zero-order valence-electron chi connectivity index (χ0n) is 9.95. The fourth-order valence-electron chi connectivity index (χ4n) is 1.93. The average molecular weight is 272 g/mol. The van der Waals surface area contributed by atoms with Crippen molar-refractivity contribution in [3.63, 3.8) is 0 Å². The van der Waals surface area contributed by atoms with Gasteiger partial charge >= 0.3 is 0 Å². The van der Waals surface area contributed by atoms with E-state index in [2.05, 4.69) is 9.97 Å². The van der Waals surface area contributed by atoms with Gasteiger partial charge in [0.15, 0.2) is 0 Å². The molecule has 0 unspecified atom stereocenters. The summed E-state index contributed by atoms with van der Waals surface area (Å²) in [5.41, 5.74) is 1.56. The Morgan fingerprint density at radius 1 is 1.16 bits per heavy atom. The van der Waals surface area contributed by atoms with Crippen LogP contribution < -0.4 is 5.56 Å². The number of aromatic nitrogens is 3. The van der Waals surface area contributed by atoms with Crippen LogP contribution in [0.5, 0.6) is 0 Å². The summed E-state index contributed by atoms with van der Waals surface area (Å²) in [6.45, 7) is 0.469. The maximum Gasteiger partial charge on any atom is 0.261 e. The van der Waals surface area contributed by atoms with E-state index in [0.717, 1.165) is 5.56 Å². The van der Waals surface area contributed by atoms with Crippen LogP contribution in [-0.4, -0.2) is 14.5 Å². The van der Waals surface area contributed by atoms with Gasteiger partial charge in [0.1, 0.15) is 0 Å². The second-order valence-electron chi connectivity index (χ2n) is 4.19. The molecule has 2 heterocycles. The van der Waals surface area contributed by atoms with Crippen LogP contribution >= 0.6 is 11.6 Å². The topological polar surface area (TPSA) is 47.8 Å². The van der Waals surface area contributed by atoms with Crippen LogP contribution in [0.25, 0.3) is 10.9 Å². The largest absolute Gasteiger partial charge is 0.294 e. The van der Waals surface area contributed by atoms with Crippen LogP contribution in [0.1, 0.15) is 5.56 Å². The number of fused-ring (bicyclic) bond motifs is 1. The van der Waals surface area contributed by atoms with Crippen LogP contribution in [0.4, 0.5) is 0 Å². The zero-order valence-corrected chi connectivity index (χ0v) is 10.7. The first kappa shape index (κ1) is 11.9. The van der Waals surface area contributed by atoms with Crippen LogP contribution in [0.3, 0.4) is 0 Å². The first-order chi connectivity index (χ1) is 9.24. The predicted octanol–water partition coefficient (Wildman–Crippen LogP) is 2.49. The third-order valence-electron chi connectivity index (χ3n) is 2.89. The fourth-order valence-corrected chi connectivity index (χ4v) is 2.10. The highest BCUT2D eigenvalue weighted by Gasteiger charge is 2.05. The molecule has 2 aromatic heterocycles. The average Bonchev–Trinajstić information content (AvgIpc) is 2.44. The number of pyridine rings is 1. The lowest BCUT2D eigenvalue weighted by Crippen LogP contribution is -2.21. The van der Waals surface area contributed by atoms with E-state index in [-0.39, 0.29) is 5.56 Å². The molecule has 0 aliphatic carbocycles. The molecule has 3 aromatic rings. The SMILES string of the molecule is O=c1c2cc(Cl)ccc2ncn1Cc1ccncc1. The van der Waals surface area contributed by atoms with Gasteiger partial charge < -0.3 is 0 Å². The molecular formula is C14H10ClN3O. The minimum Gasteiger partial charge on any atom is -0.294 e. The molecule has 0 saturated heterocycles. The lowest BCUT2D eigenvalue weighted by molar-refractivity contribution is 0.747. The van der Waals surface area contributed by atoms with Crippen LogP contribution in [0.2, 0.25) is 5.02 Å². The summed E-state index contributed by atoms with van der Waals surface area (Å²) in [5.74, 6) is 0. The van der Waals surface area contributed by atoms with Crippen LogP contribution in [-0.2, 0) is 6.54 Å². The number of nitrogens with zero attached hydrogens (tertiary/aromatic N) is 3. The second-order valence-corrected chi connectivity index (χ2v) is 4.63. The lowest BCUT2D eigenvalue weighted by atomic mass is 10.2. The Balaban J connectivity index is 2.10. The quantitative estimate of drug-likeness (QED) is 0.719. The summed E-state index contributed by atoms with van der Waals surface area (Å²) < 4.78 is 1.56. The highest BCUT2D eigenvalue weighted by Crippen LogP contribution is 2.14. The number of hydrogen-bond acceptors (Lipinski definition) is 3. The van der Waals surface area contributed by atoms with Gasteiger partial charge in [-0.2, -0.15) is 0 Å². The Bertz CT molecular complexity index is 784. The third-order valence-corrected chi connectivity index (χ3v) is 3.12. The standard InChI is InChI=1S/C14H10ClN3O/c15-11-1-2-13-12(7-11)14(19)18(9-17-13)8-10-3-5-16-6-4-10/h1-7,9H,8H2. The highest BCUT2D eigenvalue weighted by molar-refractivity contribution is 6.31. The monoisotopic (exact) mass is 271 g/mol. The van der Waals surface area contributed by atoms with E-state index in [9.17, 15) is 4.79 Å². The molecule has 3 rings (SSSR count). The van der Waals surface area contributed by atoms with Crippen LogP contribution in [0.15, 0.2) is 53.8 Å². The van der Waals surface area contributed by atoms with E-state index in [1.807, 2.05) is 12.1 Å². The fraction of sp³-hybridized carbons (Fsp3) is 0.0714. The first-order valence-electron chi connectivity index (χ1n) is 5.77. The van der Waals surface area contributed by atoms with Gasteiger partial charge in [-0.05, 0) is 35.9 Å². The molecule has 5 heteroatoms. The van der Waals surface area contributed by atoms with Crippen molar-refractivity contribution < 1.29 is 0 Å². The van der Waals surface area contributed by atoms with Gasteiger partial charge in [-0.1, -0.05) is 11.6 Å². The molecule has 0 aliphatic rings. The van der Waals surface area contributed by atoms with Crippen LogP contribution in [0, 0.1) is 0 Å². The molecular weight excluding hydrogens is 262 g/mol. The number of benzene rings is 1. The maximum absolute atomic E-state index is 12.3. The van der Waals surface area contributed by atoms with Gasteiger partial charge in [-0.15, -0.1) is 0 Å². The molecule has 0 amide bonds. The normalized spacial score (nSPS) is 10.8. The van der Waals surface area contributed by atoms with Gasteiger partial charge in [0.25, 0.3) is 5.56 Å². The number of hydrogen-bond donors (Lipinski definition) is 0. The molecule has 0 fully saturated rings. The Morgan fingerprint density at radius 3 is 2.74 bits per heavy atom. The van der Waals surface area contributed by atoms with E-state index >= 15 is 0 Å². The Hall–Kier alpha value is -2.20. The van der Waals surface area contributed by atoms with Crippen molar-refractivity contribution >= 4 is 22.5 Å². The molecule has 94 valence electrons. The smallest absolute Gasteiger partial charge is 0.261 e. The van der Waals surface area contributed by atoms with Gasteiger partial charge in [-0.25, -0.2) is 4.98 Å². The van der Waals surface area contributed by atoms with Gasteiger partial charge in [0.2, 0.25) is 0 Å². The molecule has 0 aliphatic heterocycles. The first-order valence-corrected chi connectivity index (χ1v) is 6.15. The van der Waals surface area contributed by atoms with E-state index in [1.54, 1.807) is 41.5 Å². The summed E-state index contributed by atoms with van der Waals surface area (Å²) in [7, 11) is 0. The van der Waals surface area contributed by atoms with E-state index in [4.69, 9.17) is 11.6 Å². The predicted molar refractivity (Wildman–Crippen MR) is 74.4 cm³/mol. The Labute approximate surface area is 114 Å². The molecule has 0 radical (unpaired) electrons. The minimum atomic E-state index is -0.0932. The minimum absolute atomic E-state index is 0.0932. The Kier molecular flexibility index (Phi) is 3.01. The summed E-state index contributed by atoms with van der Waals surface area (Å²) in [6.07, 6.45) is 4.95.